The molecule has 0 fully saturated rings. The quantitative estimate of drug-likeness (QED) is 0.842. The number of ether oxygens (including phenoxy) is 1. The zero-order chi connectivity index (χ0) is 13.5. The molecule has 1 atom stereocenters. The Kier molecular flexibility index (Phi) is 5.49. The molecule has 0 aliphatic rings. The molecule has 0 saturated heterocycles. The molecule has 0 radical (unpaired) electrons. The van der Waals surface area contributed by atoms with Crippen molar-refractivity contribution in [2.75, 3.05) is 7.11 Å². The van der Waals surface area contributed by atoms with E-state index in [1.54, 1.807) is 7.11 Å². The summed E-state index contributed by atoms with van der Waals surface area (Å²) in [5, 5.41) is 5.71. The molecule has 4 heteroatoms. The molecule has 0 aromatic heterocycles. The molecule has 1 aromatic rings. The largest absolute Gasteiger partial charge is 0.497 e. The lowest BCUT2D eigenvalue weighted by Crippen LogP contribution is -2.44. The number of rotatable bonds is 5. The van der Waals surface area contributed by atoms with E-state index in [0.717, 1.165) is 17.7 Å². The van der Waals surface area contributed by atoms with Gasteiger partial charge in [0.1, 0.15) is 5.75 Å². The predicted molar refractivity (Wildman–Crippen MR) is 73.0 cm³/mol. The van der Waals surface area contributed by atoms with Crippen LogP contribution in [0.2, 0.25) is 0 Å². The highest BCUT2D eigenvalue weighted by Crippen LogP contribution is 2.13. The first kappa shape index (κ1) is 14.4. The molecule has 0 aliphatic carbocycles. The maximum absolute atomic E-state index is 11.5. The summed E-state index contributed by atoms with van der Waals surface area (Å²) >= 11 is 0. The normalized spacial score (nSPS) is 12.1. The minimum absolute atomic E-state index is 0.0795. The topological polar surface area (TPSA) is 50.4 Å². The Morgan fingerprint density at radius 2 is 2.00 bits per heavy atom. The Morgan fingerprint density at radius 1 is 1.28 bits per heavy atom. The van der Waals surface area contributed by atoms with Crippen LogP contribution in [-0.4, -0.2) is 25.2 Å². The second-order valence-corrected chi connectivity index (χ2v) is 4.73. The van der Waals surface area contributed by atoms with Gasteiger partial charge in [0.05, 0.1) is 7.11 Å². The minimum atomic E-state index is -0.125. The summed E-state index contributed by atoms with van der Waals surface area (Å²) < 4.78 is 5.17. The van der Waals surface area contributed by atoms with E-state index in [1.165, 1.54) is 0 Å². The van der Waals surface area contributed by atoms with Crippen LogP contribution in [0.15, 0.2) is 24.3 Å². The number of carbonyl (C=O) groups excluding carboxylic acids is 1. The summed E-state index contributed by atoms with van der Waals surface area (Å²) in [4.78, 5) is 11.5. The van der Waals surface area contributed by atoms with Crippen LogP contribution in [0.25, 0.3) is 0 Å². The summed E-state index contributed by atoms with van der Waals surface area (Å²) in [7, 11) is 1.65. The smallest absolute Gasteiger partial charge is 0.315 e. The fourth-order valence-corrected chi connectivity index (χ4v) is 1.73. The van der Waals surface area contributed by atoms with E-state index in [4.69, 9.17) is 4.74 Å². The highest BCUT2D eigenvalue weighted by atomic mass is 16.5. The molecular weight excluding hydrogens is 228 g/mol. The molecule has 0 unspecified atom stereocenters. The average molecular weight is 250 g/mol. The van der Waals surface area contributed by atoms with Crippen LogP contribution in [0.5, 0.6) is 5.75 Å². The van der Waals surface area contributed by atoms with Crippen molar-refractivity contribution in [1.82, 2.24) is 10.6 Å². The summed E-state index contributed by atoms with van der Waals surface area (Å²) in [6.45, 7) is 5.86. The molecule has 4 nitrogen and oxygen atoms in total. The number of methoxy groups -OCH3 is 1. The van der Waals surface area contributed by atoms with Crippen LogP contribution in [-0.2, 0) is 6.42 Å². The molecule has 0 saturated carbocycles. The lowest BCUT2D eigenvalue weighted by Gasteiger charge is -2.16. The lowest BCUT2D eigenvalue weighted by atomic mass is 10.1. The third-order valence-corrected chi connectivity index (χ3v) is 2.47. The molecular formula is C14H22N2O2. The Morgan fingerprint density at radius 3 is 2.61 bits per heavy atom. The van der Waals surface area contributed by atoms with Crippen LogP contribution in [0.3, 0.4) is 0 Å². The summed E-state index contributed by atoms with van der Waals surface area (Å²) in [6, 6.07) is 7.98. The van der Waals surface area contributed by atoms with E-state index in [-0.39, 0.29) is 18.1 Å². The van der Waals surface area contributed by atoms with E-state index < -0.39 is 0 Å². The molecule has 2 N–H and O–H groups in total. The molecule has 0 aliphatic heterocycles. The first-order valence-electron chi connectivity index (χ1n) is 6.21. The monoisotopic (exact) mass is 250 g/mol. The Labute approximate surface area is 109 Å². The van der Waals surface area contributed by atoms with Gasteiger partial charge in [0, 0.05) is 12.1 Å². The number of hydrogen-bond acceptors (Lipinski definition) is 2. The Hall–Kier alpha value is -1.71. The van der Waals surface area contributed by atoms with Crippen molar-refractivity contribution in [1.29, 1.82) is 0 Å². The second kappa shape index (κ2) is 6.89. The van der Waals surface area contributed by atoms with Gasteiger partial charge in [-0.05, 0) is 44.9 Å². The van der Waals surface area contributed by atoms with Crippen molar-refractivity contribution in [2.45, 2.75) is 39.3 Å². The standard InChI is InChI=1S/C14H22N2O2/c1-10(2)15-14(17)16-11(3)8-12-6-5-7-13(9-12)18-4/h5-7,9-11H,8H2,1-4H3,(H2,15,16,17)/t11-/m0/s1. The van der Waals surface area contributed by atoms with Crippen molar-refractivity contribution in [3.63, 3.8) is 0 Å². The number of hydrogen-bond donors (Lipinski definition) is 2. The average Bonchev–Trinajstić information content (AvgIpc) is 2.27. The summed E-state index contributed by atoms with van der Waals surface area (Å²) in [6.07, 6.45) is 0.780. The lowest BCUT2D eigenvalue weighted by molar-refractivity contribution is 0.235. The van der Waals surface area contributed by atoms with Gasteiger partial charge in [-0.15, -0.1) is 0 Å². The van der Waals surface area contributed by atoms with Gasteiger partial charge < -0.3 is 15.4 Å². The predicted octanol–water partition coefficient (Wildman–Crippen LogP) is 2.33. The zero-order valence-corrected chi connectivity index (χ0v) is 11.5. The number of benzene rings is 1. The zero-order valence-electron chi connectivity index (χ0n) is 11.5. The van der Waals surface area contributed by atoms with Crippen LogP contribution in [0.4, 0.5) is 4.79 Å². The molecule has 0 bridgehead atoms. The van der Waals surface area contributed by atoms with E-state index in [2.05, 4.69) is 10.6 Å². The van der Waals surface area contributed by atoms with Gasteiger partial charge in [0.15, 0.2) is 0 Å². The Bertz CT molecular complexity index is 391. The molecule has 2 amide bonds. The number of nitrogens with one attached hydrogen (secondary N) is 2. The number of carbonyl (C=O) groups is 1. The van der Waals surface area contributed by atoms with Crippen LogP contribution in [0, 0.1) is 0 Å². The van der Waals surface area contributed by atoms with Crippen molar-refractivity contribution >= 4 is 6.03 Å². The highest BCUT2D eigenvalue weighted by Gasteiger charge is 2.09. The SMILES string of the molecule is COc1cccc(C[C@H](C)NC(=O)NC(C)C)c1. The molecule has 1 aromatic carbocycles. The fourth-order valence-electron chi connectivity index (χ4n) is 1.73. The van der Waals surface area contributed by atoms with Gasteiger partial charge in [-0.1, -0.05) is 12.1 Å². The highest BCUT2D eigenvalue weighted by molar-refractivity contribution is 5.74. The van der Waals surface area contributed by atoms with E-state index in [9.17, 15) is 4.79 Å². The van der Waals surface area contributed by atoms with Crippen LogP contribution in [0.1, 0.15) is 26.3 Å². The van der Waals surface area contributed by atoms with E-state index in [1.807, 2.05) is 45.0 Å². The van der Waals surface area contributed by atoms with Crippen molar-refractivity contribution in [3.05, 3.63) is 29.8 Å². The third kappa shape index (κ3) is 5.08. The van der Waals surface area contributed by atoms with Crippen molar-refractivity contribution in [3.8, 4) is 5.75 Å². The van der Waals surface area contributed by atoms with Crippen LogP contribution >= 0.6 is 0 Å². The number of amides is 2. The number of urea groups is 1. The molecule has 100 valence electrons. The van der Waals surface area contributed by atoms with Gasteiger partial charge >= 0.3 is 6.03 Å². The van der Waals surface area contributed by atoms with E-state index >= 15 is 0 Å². The summed E-state index contributed by atoms with van der Waals surface area (Å²) in [5.74, 6) is 0.839. The van der Waals surface area contributed by atoms with Gasteiger partial charge in [0.2, 0.25) is 0 Å². The molecule has 1 rings (SSSR count). The molecule has 18 heavy (non-hydrogen) atoms. The Balaban J connectivity index is 2.48. The first-order valence-corrected chi connectivity index (χ1v) is 6.21. The van der Waals surface area contributed by atoms with Crippen molar-refractivity contribution in [2.24, 2.45) is 0 Å². The minimum Gasteiger partial charge on any atom is -0.497 e. The van der Waals surface area contributed by atoms with Gasteiger partial charge in [-0.2, -0.15) is 0 Å². The van der Waals surface area contributed by atoms with Crippen LogP contribution < -0.4 is 15.4 Å². The van der Waals surface area contributed by atoms with Crippen molar-refractivity contribution < 1.29 is 9.53 Å². The van der Waals surface area contributed by atoms with E-state index in [0.29, 0.717) is 0 Å². The van der Waals surface area contributed by atoms with Gasteiger partial charge in [0.25, 0.3) is 0 Å². The molecule has 0 spiro atoms. The third-order valence-electron chi connectivity index (χ3n) is 2.47. The fraction of sp³-hybridized carbons (Fsp3) is 0.500. The second-order valence-electron chi connectivity index (χ2n) is 4.73. The maximum atomic E-state index is 11.5. The summed E-state index contributed by atoms with van der Waals surface area (Å²) in [5.41, 5.74) is 1.15. The maximum Gasteiger partial charge on any atom is 0.315 e. The molecule has 0 heterocycles. The van der Waals surface area contributed by atoms with Gasteiger partial charge in [-0.3, -0.25) is 0 Å². The first-order chi connectivity index (χ1) is 8.51. The van der Waals surface area contributed by atoms with Gasteiger partial charge in [-0.25, -0.2) is 4.79 Å².